The summed E-state index contributed by atoms with van der Waals surface area (Å²) in [5.41, 5.74) is -0.726. The molecule has 2 fully saturated rings. The molecular weight excluding hydrogens is 430 g/mol. The second-order valence-corrected chi connectivity index (χ2v) is 8.31. The average Bonchev–Trinajstić information content (AvgIpc) is 2.42. The lowest BCUT2D eigenvalue weighted by molar-refractivity contribution is -0.216. The van der Waals surface area contributed by atoms with E-state index in [0.717, 1.165) is 0 Å². The molecule has 0 saturated carbocycles. The fraction of sp³-hybridized carbons (Fsp3) is 1.00. The van der Waals surface area contributed by atoms with E-state index < -0.39 is 28.2 Å². The predicted octanol–water partition coefficient (Wildman–Crippen LogP) is 2.35. The van der Waals surface area contributed by atoms with Crippen molar-refractivity contribution in [3.63, 3.8) is 0 Å². The van der Waals surface area contributed by atoms with Crippen LogP contribution in [0.25, 0.3) is 0 Å². The number of rotatable bonds is 4. The summed E-state index contributed by atoms with van der Waals surface area (Å²) < 4.78 is 48.5. The minimum absolute atomic E-state index is 0.0999. The maximum Gasteiger partial charge on any atom is 0.321 e. The average molecular weight is 444 g/mol. The zero-order valence-corrected chi connectivity index (χ0v) is 15.0. The Hall–Kier alpha value is 1.22. The van der Waals surface area contributed by atoms with Gasteiger partial charge in [-0.05, 0) is 0 Å². The third-order valence-corrected chi connectivity index (χ3v) is 6.52. The summed E-state index contributed by atoms with van der Waals surface area (Å²) in [6, 6.07) is 0. The summed E-state index contributed by atoms with van der Waals surface area (Å²) in [6.45, 7) is 0.756. The van der Waals surface area contributed by atoms with Gasteiger partial charge in [0.05, 0.1) is 31.8 Å². The van der Waals surface area contributed by atoms with E-state index in [1.807, 2.05) is 0 Å². The van der Waals surface area contributed by atoms with Crippen molar-refractivity contribution in [3.05, 3.63) is 0 Å². The minimum atomic E-state index is -2.57. The van der Waals surface area contributed by atoms with Gasteiger partial charge in [-0.3, -0.25) is 13.7 Å². The molecule has 2 heterocycles. The molecule has 0 N–H and O–H groups in total. The zero-order chi connectivity index (χ0) is 13.9. The molecule has 112 valence electrons. The normalized spacial score (nSPS) is 41.3. The van der Waals surface area contributed by atoms with Gasteiger partial charge in [0, 0.05) is 10.2 Å². The van der Waals surface area contributed by atoms with Crippen molar-refractivity contribution in [1.82, 2.24) is 0 Å². The van der Waals surface area contributed by atoms with Crippen LogP contribution < -0.4 is 0 Å². The summed E-state index contributed by atoms with van der Waals surface area (Å²) in [7, 11) is -5.01. The number of alkyl halides is 2. The molecule has 0 radical (unpaired) electrons. The standard InChI is InChI=1S/C8H14Br2O7P2/c9-1-6(10)2-13-7-8(5-16-19(12)17-7)3-14-18(11)15-4-8/h6-7,18-19H,1-5H2. The Morgan fingerprint density at radius 2 is 1.79 bits per heavy atom. The summed E-state index contributed by atoms with van der Waals surface area (Å²) in [5, 5.41) is 0.707. The third-order valence-electron chi connectivity index (χ3n) is 2.73. The van der Waals surface area contributed by atoms with Crippen molar-refractivity contribution in [2.75, 3.05) is 31.8 Å². The topological polar surface area (TPSA) is 80.3 Å². The van der Waals surface area contributed by atoms with Crippen molar-refractivity contribution in [3.8, 4) is 0 Å². The maximum absolute atomic E-state index is 11.4. The van der Waals surface area contributed by atoms with Gasteiger partial charge >= 0.3 is 16.5 Å². The second kappa shape index (κ2) is 7.47. The number of hydrogen-bond acceptors (Lipinski definition) is 7. The lowest BCUT2D eigenvalue weighted by Gasteiger charge is -2.43. The predicted molar refractivity (Wildman–Crippen MR) is 75.6 cm³/mol. The van der Waals surface area contributed by atoms with E-state index in [4.69, 9.17) is 22.8 Å². The van der Waals surface area contributed by atoms with Gasteiger partial charge in [-0.2, -0.15) is 0 Å². The van der Waals surface area contributed by atoms with Crippen LogP contribution in [-0.4, -0.2) is 42.9 Å². The highest BCUT2D eigenvalue weighted by molar-refractivity contribution is 9.12. The fourth-order valence-electron chi connectivity index (χ4n) is 1.67. The van der Waals surface area contributed by atoms with Crippen LogP contribution >= 0.6 is 48.4 Å². The van der Waals surface area contributed by atoms with E-state index in [2.05, 4.69) is 31.9 Å². The third kappa shape index (κ3) is 4.34. The molecule has 0 aliphatic carbocycles. The molecule has 2 rings (SSSR count). The van der Waals surface area contributed by atoms with Gasteiger partial charge in [0.2, 0.25) is 0 Å². The van der Waals surface area contributed by atoms with Crippen LogP contribution in [0.2, 0.25) is 0 Å². The monoisotopic (exact) mass is 442 g/mol. The Morgan fingerprint density at radius 3 is 2.37 bits per heavy atom. The van der Waals surface area contributed by atoms with E-state index in [9.17, 15) is 9.13 Å². The largest absolute Gasteiger partial charge is 0.350 e. The van der Waals surface area contributed by atoms with Crippen LogP contribution in [-0.2, 0) is 32.0 Å². The van der Waals surface area contributed by atoms with E-state index in [1.165, 1.54) is 0 Å². The zero-order valence-electron chi connectivity index (χ0n) is 9.80. The molecule has 0 aromatic rings. The highest BCUT2D eigenvalue weighted by atomic mass is 79.9. The van der Waals surface area contributed by atoms with E-state index in [1.54, 1.807) is 0 Å². The molecule has 1 spiro atoms. The van der Waals surface area contributed by atoms with Crippen molar-refractivity contribution in [2.45, 2.75) is 11.1 Å². The first-order chi connectivity index (χ1) is 9.05. The summed E-state index contributed by atoms with van der Waals surface area (Å²) >= 11 is 6.72. The van der Waals surface area contributed by atoms with Gasteiger partial charge in [0.25, 0.3) is 0 Å². The van der Waals surface area contributed by atoms with Gasteiger partial charge in [-0.1, -0.05) is 31.9 Å². The molecule has 11 heteroatoms. The molecule has 0 aromatic heterocycles. The first kappa shape index (κ1) is 16.6. The Kier molecular flexibility index (Phi) is 6.52. The number of ether oxygens (including phenoxy) is 1. The van der Waals surface area contributed by atoms with Gasteiger partial charge < -0.3 is 18.3 Å². The van der Waals surface area contributed by atoms with Crippen molar-refractivity contribution in [1.29, 1.82) is 0 Å². The Labute approximate surface area is 128 Å². The van der Waals surface area contributed by atoms with Crippen molar-refractivity contribution in [2.24, 2.45) is 5.41 Å². The maximum atomic E-state index is 11.4. The van der Waals surface area contributed by atoms with Crippen LogP contribution in [0, 0.1) is 5.41 Å². The second-order valence-electron chi connectivity index (χ2n) is 4.26. The van der Waals surface area contributed by atoms with Gasteiger partial charge in [0.15, 0.2) is 6.29 Å². The molecular formula is C8H14Br2O7P2. The van der Waals surface area contributed by atoms with Gasteiger partial charge in [0.1, 0.15) is 0 Å². The highest BCUT2D eigenvalue weighted by Gasteiger charge is 2.49. The number of hydrogen-bond donors (Lipinski definition) is 0. The first-order valence-electron chi connectivity index (χ1n) is 5.50. The first-order valence-corrected chi connectivity index (χ1v) is 9.99. The smallest absolute Gasteiger partial charge is 0.321 e. The van der Waals surface area contributed by atoms with Crippen LogP contribution in [0.15, 0.2) is 0 Å². The Balaban J connectivity index is 2.01. The molecule has 0 bridgehead atoms. The molecule has 0 amide bonds. The van der Waals surface area contributed by atoms with Crippen LogP contribution in [0.3, 0.4) is 0 Å². The minimum Gasteiger partial charge on any atom is -0.350 e. The summed E-state index contributed by atoms with van der Waals surface area (Å²) in [4.78, 5) is 0.0999. The van der Waals surface area contributed by atoms with Gasteiger partial charge in [-0.15, -0.1) is 0 Å². The molecule has 3 atom stereocenters. The van der Waals surface area contributed by atoms with E-state index in [0.29, 0.717) is 11.9 Å². The Morgan fingerprint density at radius 1 is 1.21 bits per heavy atom. The Bertz CT molecular complexity index is 351. The molecule has 3 unspecified atom stereocenters. The summed E-state index contributed by atoms with van der Waals surface area (Å²) in [6.07, 6.45) is -0.762. The molecule has 2 aliphatic heterocycles. The molecule has 2 aliphatic rings. The van der Waals surface area contributed by atoms with Crippen LogP contribution in [0.5, 0.6) is 0 Å². The SMILES string of the molecule is O=[PH]1OCC2(CO1)CO[PH](=O)OC2OCC(Br)CBr. The van der Waals surface area contributed by atoms with Crippen molar-refractivity contribution < 1.29 is 32.0 Å². The molecule has 0 aromatic carbocycles. The van der Waals surface area contributed by atoms with Crippen LogP contribution in [0.4, 0.5) is 0 Å². The van der Waals surface area contributed by atoms with Gasteiger partial charge in [-0.25, -0.2) is 0 Å². The molecule has 19 heavy (non-hydrogen) atoms. The quantitative estimate of drug-likeness (QED) is 0.487. The van der Waals surface area contributed by atoms with E-state index >= 15 is 0 Å². The lowest BCUT2D eigenvalue weighted by Crippen LogP contribution is -2.52. The fourth-order valence-corrected chi connectivity index (χ4v) is 3.87. The highest BCUT2D eigenvalue weighted by Crippen LogP contribution is 2.48. The molecule has 7 nitrogen and oxygen atoms in total. The summed E-state index contributed by atoms with van der Waals surface area (Å²) in [5.74, 6) is 0. The molecule has 2 saturated heterocycles. The van der Waals surface area contributed by atoms with E-state index in [-0.39, 0.29) is 24.6 Å². The van der Waals surface area contributed by atoms with Crippen LogP contribution in [0.1, 0.15) is 0 Å². The van der Waals surface area contributed by atoms with Crippen molar-refractivity contribution >= 4 is 48.4 Å². The lowest BCUT2D eigenvalue weighted by atomic mass is 9.90. The number of halogens is 2.